The average Bonchev–Trinajstić information content (AvgIpc) is 2.51. The summed E-state index contributed by atoms with van der Waals surface area (Å²) in [4.78, 5) is 23.0. The molecule has 0 unspecified atom stereocenters. The average molecular weight is 294 g/mol. The molecule has 0 spiro atoms. The van der Waals surface area contributed by atoms with Crippen molar-refractivity contribution in [3.05, 3.63) is 29.8 Å². The smallest absolute Gasteiger partial charge is 0.239 e. The number of methoxy groups -OCH3 is 2. The van der Waals surface area contributed by atoms with E-state index in [4.69, 9.17) is 9.47 Å². The molecule has 0 atom stereocenters. The maximum absolute atomic E-state index is 11.7. The molecule has 6 nitrogen and oxygen atoms in total. The molecule has 116 valence electrons. The highest BCUT2D eigenvalue weighted by molar-refractivity contribution is 5.84. The number of carbonyl (C=O) groups is 2. The lowest BCUT2D eigenvalue weighted by Gasteiger charge is -2.07. The standard InChI is InChI=1S/C15H22N2O4/c1-20-9-8-16-15(19)11-17-14(18)7-6-12-4-3-5-13(10-12)21-2/h3-5,10H,6-9,11H2,1-2H3,(H,16,19)(H,17,18). The first-order valence-corrected chi connectivity index (χ1v) is 6.81. The van der Waals surface area contributed by atoms with Gasteiger partial charge in [-0.2, -0.15) is 0 Å². The summed E-state index contributed by atoms with van der Waals surface area (Å²) >= 11 is 0. The fourth-order valence-electron chi connectivity index (χ4n) is 1.71. The van der Waals surface area contributed by atoms with Gasteiger partial charge in [0.05, 0.1) is 20.3 Å². The predicted octanol–water partition coefficient (Wildman–Crippen LogP) is 0.507. The Bertz CT molecular complexity index is 463. The van der Waals surface area contributed by atoms with Crippen molar-refractivity contribution in [2.24, 2.45) is 0 Å². The van der Waals surface area contributed by atoms with Gasteiger partial charge in [-0.1, -0.05) is 12.1 Å². The van der Waals surface area contributed by atoms with Gasteiger partial charge < -0.3 is 20.1 Å². The Morgan fingerprint density at radius 3 is 2.67 bits per heavy atom. The minimum atomic E-state index is -0.221. The van der Waals surface area contributed by atoms with E-state index in [0.29, 0.717) is 26.0 Å². The number of nitrogens with one attached hydrogen (secondary N) is 2. The Labute approximate surface area is 124 Å². The monoisotopic (exact) mass is 294 g/mol. The molecule has 0 radical (unpaired) electrons. The maximum Gasteiger partial charge on any atom is 0.239 e. The molecule has 0 aliphatic carbocycles. The van der Waals surface area contributed by atoms with Crippen molar-refractivity contribution in [2.45, 2.75) is 12.8 Å². The van der Waals surface area contributed by atoms with E-state index in [1.54, 1.807) is 14.2 Å². The summed E-state index contributed by atoms with van der Waals surface area (Å²) in [5.41, 5.74) is 1.02. The Hall–Kier alpha value is -2.08. The molecule has 21 heavy (non-hydrogen) atoms. The zero-order chi connectivity index (χ0) is 15.5. The van der Waals surface area contributed by atoms with Crippen LogP contribution in [-0.4, -0.2) is 45.7 Å². The summed E-state index contributed by atoms with van der Waals surface area (Å²) in [5, 5.41) is 5.22. The van der Waals surface area contributed by atoms with Gasteiger partial charge in [-0.3, -0.25) is 9.59 Å². The molecular weight excluding hydrogens is 272 g/mol. The van der Waals surface area contributed by atoms with Crippen LogP contribution in [0.3, 0.4) is 0 Å². The SMILES string of the molecule is COCCNC(=O)CNC(=O)CCc1cccc(OC)c1. The molecular formula is C15H22N2O4. The Morgan fingerprint density at radius 1 is 1.14 bits per heavy atom. The molecule has 6 heteroatoms. The first-order valence-electron chi connectivity index (χ1n) is 6.81. The molecule has 0 aliphatic heterocycles. The second-order valence-electron chi connectivity index (χ2n) is 4.47. The van der Waals surface area contributed by atoms with E-state index in [0.717, 1.165) is 11.3 Å². The van der Waals surface area contributed by atoms with Gasteiger partial charge in [0.2, 0.25) is 11.8 Å². The normalized spacial score (nSPS) is 10.0. The number of hydrogen-bond donors (Lipinski definition) is 2. The number of carbonyl (C=O) groups excluding carboxylic acids is 2. The van der Waals surface area contributed by atoms with Crippen LogP contribution in [0.5, 0.6) is 5.75 Å². The van der Waals surface area contributed by atoms with Crippen molar-refractivity contribution in [1.82, 2.24) is 10.6 Å². The van der Waals surface area contributed by atoms with Crippen molar-refractivity contribution in [3.8, 4) is 5.75 Å². The molecule has 0 saturated carbocycles. The minimum absolute atomic E-state index is 0.0132. The van der Waals surface area contributed by atoms with Gasteiger partial charge in [0.25, 0.3) is 0 Å². The van der Waals surface area contributed by atoms with Crippen LogP contribution in [0, 0.1) is 0 Å². The molecule has 0 bridgehead atoms. The number of amides is 2. The van der Waals surface area contributed by atoms with Gasteiger partial charge in [0.15, 0.2) is 0 Å². The Morgan fingerprint density at radius 2 is 1.95 bits per heavy atom. The molecule has 2 N–H and O–H groups in total. The van der Waals surface area contributed by atoms with Crippen LogP contribution in [0.4, 0.5) is 0 Å². The van der Waals surface area contributed by atoms with Crippen LogP contribution in [0.25, 0.3) is 0 Å². The van der Waals surface area contributed by atoms with Gasteiger partial charge in [-0.15, -0.1) is 0 Å². The fourth-order valence-corrected chi connectivity index (χ4v) is 1.71. The van der Waals surface area contributed by atoms with Gasteiger partial charge in [0.1, 0.15) is 5.75 Å². The Kier molecular flexibility index (Phi) is 7.89. The van der Waals surface area contributed by atoms with Crippen LogP contribution in [0.15, 0.2) is 24.3 Å². The largest absolute Gasteiger partial charge is 0.497 e. The number of aryl methyl sites for hydroxylation is 1. The van der Waals surface area contributed by atoms with Crippen LogP contribution >= 0.6 is 0 Å². The zero-order valence-electron chi connectivity index (χ0n) is 12.5. The molecule has 1 rings (SSSR count). The van der Waals surface area contributed by atoms with Crippen molar-refractivity contribution in [1.29, 1.82) is 0 Å². The lowest BCUT2D eigenvalue weighted by Crippen LogP contribution is -2.38. The molecule has 0 aromatic heterocycles. The second-order valence-corrected chi connectivity index (χ2v) is 4.47. The second kappa shape index (κ2) is 9.77. The molecule has 0 saturated heterocycles. The quantitative estimate of drug-likeness (QED) is 0.651. The molecule has 1 aromatic carbocycles. The summed E-state index contributed by atoms with van der Waals surface area (Å²) in [6, 6.07) is 7.57. The van der Waals surface area contributed by atoms with Gasteiger partial charge >= 0.3 is 0 Å². The van der Waals surface area contributed by atoms with Crippen molar-refractivity contribution in [2.75, 3.05) is 33.9 Å². The minimum Gasteiger partial charge on any atom is -0.497 e. The summed E-state index contributed by atoms with van der Waals surface area (Å²) in [7, 11) is 3.17. The Balaban J connectivity index is 2.23. The van der Waals surface area contributed by atoms with Gasteiger partial charge in [-0.05, 0) is 24.1 Å². The molecule has 2 amide bonds. The zero-order valence-corrected chi connectivity index (χ0v) is 12.5. The van der Waals surface area contributed by atoms with E-state index < -0.39 is 0 Å². The third-order valence-electron chi connectivity index (χ3n) is 2.85. The number of hydrogen-bond acceptors (Lipinski definition) is 4. The fraction of sp³-hybridized carbons (Fsp3) is 0.467. The topological polar surface area (TPSA) is 76.7 Å². The molecule has 0 heterocycles. The highest BCUT2D eigenvalue weighted by atomic mass is 16.5. The predicted molar refractivity (Wildman–Crippen MR) is 79.2 cm³/mol. The first-order chi connectivity index (χ1) is 10.2. The van der Waals surface area contributed by atoms with Crippen molar-refractivity contribution in [3.63, 3.8) is 0 Å². The summed E-state index contributed by atoms with van der Waals surface area (Å²) < 4.78 is 9.94. The summed E-state index contributed by atoms with van der Waals surface area (Å²) in [6.07, 6.45) is 0.937. The summed E-state index contributed by atoms with van der Waals surface area (Å²) in [6.45, 7) is 0.880. The van der Waals surface area contributed by atoms with Gasteiger partial charge in [0, 0.05) is 20.1 Å². The molecule has 0 aliphatic rings. The third-order valence-corrected chi connectivity index (χ3v) is 2.85. The lowest BCUT2D eigenvalue weighted by molar-refractivity contribution is -0.126. The van der Waals surface area contributed by atoms with Crippen LogP contribution in [-0.2, 0) is 20.7 Å². The number of rotatable bonds is 9. The highest BCUT2D eigenvalue weighted by Crippen LogP contribution is 2.13. The van der Waals surface area contributed by atoms with E-state index >= 15 is 0 Å². The van der Waals surface area contributed by atoms with Crippen LogP contribution < -0.4 is 15.4 Å². The van der Waals surface area contributed by atoms with E-state index in [-0.39, 0.29) is 18.4 Å². The summed E-state index contributed by atoms with van der Waals surface area (Å²) in [5.74, 6) is 0.395. The van der Waals surface area contributed by atoms with Crippen LogP contribution in [0.1, 0.15) is 12.0 Å². The van der Waals surface area contributed by atoms with Gasteiger partial charge in [-0.25, -0.2) is 0 Å². The molecule has 0 fully saturated rings. The molecule has 1 aromatic rings. The third kappa shape index (κ3) is 7.31. The first kappa shape index (κ1) is 17.0. The van der Waals surface area contributed by atoms with Crippen LogP contribution in [0.2, 0.25) is 0 Å². The van der Waals surface area contributed by atoms with E-state index in [2.05, 4.69) is 10.6 Å². The van der Waals surface area contributed by atoms with E-state index in [1.165, 1.54) is 0 Å². The van der Waals surface area contributed by atoms with Crippen molar-refractivity contribution >= 4 is 11.8 Å². The van der Waals surface area contributed by atoms with Crippen molar-refractivity contribution < 1.29 is 19.1 Å². The highest BCUT2D eigenvalue weighted by Gasteiger charge is 2.06. The number of benzene rings is 1. The maximum atomic E-state index is 11.7. The lowest BCUT2D eigenvalue weighted by atomic mass is 10.1. The number of ether oxygens (including phenoxy) is 2. The van der Waals surface area contributed by atoms with E-state index in [9.17, 15) is 9.59 Å². The van der Waals surface area contributed by atoms with E-state index in [1.807, 2.05) is 24.3 Å².